The maximum Gasteiger partial charge on any atom is 0.266 e. The molecule has 0 aliphatic carbocycles. The molecule has 0 saturated heterocycles. The van der Waals surface area contributed by atoms with Crippen LogP contribution in [0.5, 0.6) is 5.75 Å². The fourth-order valence-electron chi connectivity index (χ4n) is 3.80. The number of fused-ring (bicyclic) bond motifs is 2. The van der Waals surface area contributed by atoms with E-state index in [2.05, 4.69) is 9.97 Å². The van der Waals surface area contributed by atoms with Crippen LogP contribution < -0.4 is 0 Å². The number of Topliss-reactive ketones (excluding diaryl/α,β-unsaturated/α-hetero) is 1. The van der Waals surface area contributed by atoms with Crippen molar-refractivity contribution < 1.29 is 19.1 Å². The number of benzene rings is 2. The first kappa shape index (κ1) is 20.0. The van der Waals surface area contributed by atoms with Crippen LogP contribution in [0.2, 0.25) is 5.02 Å². The van der Waals surface area contributed by atoms with Gasteiger partial charge < -0.3 is 9.52 Å². The molecule has 3 heterocycles. The molecule has 0 saturated carbocycles. The summed E-state index contributed by atoms with van der Waals surface area (Å²) in [5, 5.41) is 11.2. The Balaban J connectivity index is 1.60. The molecule has 0 atom stereocenters. The van der Waals surface area contributed by atoms with Crippen LogP contribution in [0.15, 0.2) is 65.2 Å². The van der Waals surface area contributed by atoms with Gasteiger partial charge in [0.15, 0.2) is 11.2 Å². The number of pyridine rings is 1. The molecule has 0 spiro atoms. The van der Waals surface area contributed by atoms with Gasteiger partial charge >= 0.3 is 0 Å². The second-order valence-corrected chi connectivity index (χ2v) is 7.79. The fraction of sp³-hybridized carbons (Fsp3) is 0.0833. The number of phenols is 1. The molecule has 1 N–H and O–H groups in total. The Labute approximate surface area is 186 Å². The number of carbonyl (C=O) groups is 2. The van der Waals surface area contributed by atoms with Gasteiger partial charge in [0.05, 0.1) is 5.52 Å². The molecule has 0 aliphatic heterocycles. The van der Waals surface area contributed by atoms with Crippen LogP contribution >= 0.6 is 11.6 Å². The van der Waals surface area contributed by atoms with Gasteiger partial charge in [-0.2, -0.15) is 4.98 Å². The van der Waals surface area contributed by atoms with Gasteiger partial charge in [0.25, 0.3) is 11.8 Å². The predicted octanol–water partition coefficient (Wildman–Crippen LogP) is 4.96. The molecule has 8 heteroatoms. The van der Waals surface area contributed by atoms with Crippen molar-refractivity contribution in [3.8, 4) is 5.75 Å². The minimum atomic E-state index is -0.354. The standard InChI is InChI=1S/C24H16ClN3O4/c1-13-17(12-20(30)23-27-22-21(32-23)3-2-10-26-22)18-11-16(29)8-9-19(18)28(13)24(31)14-4-6-15(25)7-5-14/h2-11,29H,12H2,1H3. The SMILES string of the molecule is Cc1c(CC(=O)c2nc3ncccc3o2)c2cc(O)ccc2n1C(=O)c1ccc(Cl)cc1. The summed E-state index contributed by atoms with van der Waals surface area (Å²) in [5.74, 6) is -0.636. The first-order valence-corrected chi connectivity index (χ1v) is 10.2. The Morgan fingerprint density at radius 1 is 1.12 bits per heavy atom. The summed E-state index contributed by atoms with van der Waals surface area (Å²) < 4.78 is 7.09. The van der Waals surface area contributed by atoms with E-state index in [0.29, 0.717) is 44.0 Å². The highest BCUT2D eigenvalue weighted by molar-refractivity contribution is 6.30. The molecule has 32 heavy (non-hydrogen) atoms. The normalized spacial score (nSPS) is 11.3. The second kappa shape index (κ2) is 7.62. The van der Waals surface area contributed by atoms with E-state index in [1.165, 1.54) is 10.6 Å². The largest absolute Gasteiger partial charge is 0.508 e. The number of aromatic nitrogens is 3. The summed E-state index contributed by atoms with van der Waals surface area (Å²) in [7, 11) is 0. The Kier molecular flexibility index (Phi) is 4.75. The van der Waals surface area contributed by atoms with Crippen molar-refractivity contribution in [3.63, 3.8) is 0 Å². The molecular weight excluding hydrogens is 430 g/mol. The summed E-state index contributed by atoms with van der Waals surface area (Å²) in [6, 6.07) is 14.7. The van der Waals surface area contributed by atoms with Gasteiger partial charge in [0.2, 0.25) is 5.78 Å². The highest BCUT2D eigenvalue weighted by Crippen LogP contribution is 2.31. The van der Waals surface area contributed by atoms with E-state index < -0.39 is 0 Å². The van der Waals surface area contributed by atoms with Crippen LogP contribution in [0.25, 0.3) is 22.1 Å². The number of hydrogen-bond donors (Lipinski definition) is 1. The van der Waals surface area contributed by atoms with Crippen molar-refractivity contribution in [2.75, 3.05) is 0 Å². The van der Waals surface area contributed by atoms with Crippen molar-refractivity contribution in [2.24, 2.45) is 0 Å². The third kappa shape index (κ3) is 3.33. The van der Waals surface area contributed by atoms with Crippen LogP contribution in [0.1, 0.15) is 32.3 Å². The third-order valence-electron chi connectivity index (χ3n) is 5.35. The van der Waals surface area contributed by atoms with Gasteiger partial charge in [-0.25, -0.2) is 4.98 Å². The van der Waals surface area contributed by atoms with Gasteiger partial charge in [0, 0.05) is 34.3 Å². The van der Waals surface area contributed by atoms with Crippen molar-refractivity contribution >= 4 is 45.4 Å². The van der Waals surface area contributed by atoms with E-state index in [9.17, 15) is 14.7 Å². The maximum absolute atomic E-state index is 13.3. The number of hydrogen-bond acceptors (Lipinski definition) is 6. The first-order chi connectivity index (χ1) is 15.4. The molecule has 0 radical (unpaired) electrons. The first-order valence-electron chi connectivity index (χ1n) is 9.80. The van der Waals surface area contributed by atoms with E-state index in [1.54, 1.807) is 61.7 Å². The average molecular weight is 446 g/mol. The van der Waals surface area contributed by atoms with Crippen LogP contribution in [-0.4, -0.2) is 31.3 Å². The van der Waals surface area contributed by atoms with Crippen LogP contribution in [0.4, 0.5) is 0 Å². The van der Waals surface area contributed by atoms with Crippen molar-refractivity contribution in [3.05, 3.63) is 88.5 Å². The molecule has 0 fully saturated rings. The molecule has 2 aromatic carbocycles. The van der Waals surface area contributed by atoms with Gasteiger partial charge in [0.1, 0.15) is 5.75 Å². The zero-order valence-corrected chi connectivity index (χ0v) is 17.6. The molecule has 0 aliphatic rings. The Morgan fingerprint density at radius 2 is 1.91 bits per heavy atom. The molecule has 0 amide bonds. The Bertz CT molecular complexity index is 1480. The number of halogens is 1. The number of oxazole rings is 1. The number of rotatable bonds is 4. The number of carbonyl (C=O) groups excluding carboxylic acids is 2. The number of aromatic hydroxyl groups is 1. The molecular formula is C24H16ClN3O4. The summed E-state index contributed by atoms with van der Waals surface area (Å²) in [6.07, 6.45) is 1.52. The lowest BCUT2D eigenvalue weighted by Crippen LogP contribution is -2.14. The summed E-state index contributed by atoms with van der Waals surface area (Å²) >= 11 is 5.95. The van der Waals surface area contributed by atoms with E-state index in [1.807, 2.05) is 0 Å². The zero-order chi connectivity index (χ0) is 22.4. The van der Waals surface area contributed by atoms with Crippen molar-refractivity contribution in [1.29, 1.82) is 0 Å². The predicted molar refractivity (Wildman–Crippen MR) is 119 cm³/mol. The third-order valence-corrected chi connectivity index (χ3v) is 5.61. The van der Waals surface area contributed by atoms with Crippen LogP contribution in [0.3, 0.4) is 0 Å². The molecule has 5 rings (SSSR count). The zero-order valence-electron chi connectivity index (χ0n) is 16.9. The van der Waals surface area contributed by atoms with E-state index in [0.717, 1.165) is 0 Å². The monoisotopic (exact) mass is 445 g/mol. The van der Waals surface area contributed by atoms with Gasteiger partial charge in [-0.1, -0.05) is 11.6 Å². The molecule has 0 bridgehead atoms. The van der Waals surface area contributed by atoms with E-state index in [4.69, 9.17) is 16.0 Å². The van der Waals surface area contributed by atoms with Crippen molar-refractivity contribution in [2.45, 2.75) is 13.3 Å². The highest BCUT2D eigenvalue weighted by atomic mass is 35.5. The number of ketones is 1. The van der Waals surface area contributed by atoms with Crippen LogP contribution in [0, 0.1) is 6.92 Å². The lowest BCUT2D eigenvalue weighted by Gasteiger charge is -2.08. The van der Waals surface area contributed by atoms with Gasteiger partial charge in [-0.15, -0.1) is 0 Å². The highest BCUT2D eigenvalue weighted by Gasteiger charge is 2.24. The molecule has 158 valence electrons. The quantitative estimate of drug-likeness (QED) is 0.392. The second-order valence-electron chi connectivity index (χ2n) is 7.36. The van der Waals surface area contributed by atoms with Crippen LogP contribution in [-0.2, 0) is 6.42 Å². The molecule has 7 nitrogen and oxygen atoms in total. The topological polar surface area (TPSA) is 98.2 Å². The fourth-order valence-corrected chi connectivity index (χ4v) is 3.93. The Hall–Kier alpha value is -3.97. The smallest absolute Gasteiger partial charge is 0.266 e. The van der Waals surface area contributed by atoms with E-state index in [-0.39, 0.29) is 29.8 Å². The lowest BCUT2D eigenvalue weighted by atomic mass is 10.0. The lowest BCUT2D eigenvalue weighted by molar-refractivity contribution is 0.0949. The number of nitrogens with zero attached hydrogens (tertiary/aromatic N) is 3. The minimum Gasteiger partial charge on any atom is -0.508 e. The summed E-state index contributed by atoms with van der Waals surface area (Å²) in [5.41, 5.74) is 3.01. The van der Waals surface area contributed by atoms with Gasteiger partial charge in [-0.3, -0.25) is 14.2 Å². The molecule has 5 aromatic rings. The van der Waals surface area contributed by atoms with E-state index >= 15 is 0 Å². The molecule has 3 aromatic heterocycles. The summed E-state index contributed by atoms with van der Waals surface area (Å²) in [4.78, 5) is 34.6. The van der Waals surface area contributed by atoms with Gasteiger partial charge in [-0.05, 0) is 67.1 Å². The number of phenolic OH excluding ortho intramolecular Hbond substituents is 1. The molecule has 0 unspecified atom stereocenters. The summed E-state index contributed by atoms with van der Waals surface area (Å²) in [6.45, 7) is 1.76. The minimum absolute atomic E-state index is 0.0355. The maximum atomic E-state index is 13.3. The van der Waals surface area contributed by atoms with Crippen molar-refractivity contribution in [1.82, 2.24) is 14.5 Å². The average Bonchev–Trinajstić information content (AvgIpc) is 3.33. The Morgan fingerprint density at radius 3 is 2.66 bits per heavy atom.